The van der Waals surface area contributed by atoms with Crippen LogP contribution in [0.4, 0.5) is 0 Å². The van der Waals surface area contributed by atoms with Crippen LogP contribution in [0.2, 0.25) is 0 Å². The molecule has 0 aromatic heterocycles. The van der Waals surface area contributed by atoms with Gasteiger partial charge in [-0.2, -0.15) is 0 Å². The Hall–Kier alpha value is -2.14. The second-order valence-corrected chi connectivity index (χ2v) is 7.37. The van der Waals surface area contributed by atoms with Gasteiger partial charge >= 0.3 is 0 Å². The molecule has 23 heavy (non-hydrogen) atoms. The van der Waals surface area contributed by atoms with Crippen molar-refractivity contribution in [1.29, 1.82) is 0 Å². The second-order valence-electron chi connectivity index (χ2n) is 5.38. The minimum absolute atomic E-state index is 0.0747. The maximum atomic E-state index is 12.5. The third-order valence-corrected chi connectivity index (χ3v) is 5.16. The molecule has 4 nitrogen and oxygen atoms in total. The van der Waals surface area contributed by atoms with E-state index < -0.39 is 9.84 Å². The van der Waals surface area contributed by atoms with Gasteiger partial charge in [0, 0.05) is 12.1 Å². The largest absolute Gasteiger partial charge is 0.352 e. The van der Waals surface area contributed by atoms with E-state index in [0.29, 0.717) is 12.1 Å². The maximum absolute atomic E-state index is 12.5. The first-order chi connectivity index (χ1) is 11.0. The molecule has 1 N–H and O–H groups in total. The molecule has 2 aromatic rings. The molecule has 0 aliphatic rings. The SMILES string of the molecule is CCCCNC(=O)c1cccc(S(=O)(=O)Cc2ccccc2)c1. The van der Waals surface area contributed by atoms with Gasteiger partial charge in [0.05, 0.1) is 10.6 Å². The summed E-state index contributed by atoms with van der Waals surface area (Å²) in [6, 6.07) is 15.2. The highest BCUT2D eigenvalue weighted by molar-refractivity contribution is 7.90. The summed E-state index contributed by atoms with van der Waals surface area (Å²) < 4.78 is 25.0. The summed E-state index contributed by atoms with van der Waals surface area (Å²) in [5.41, 5.74) is 1.10. The van der Waals surface area contributed by atoms with Gasteiger partial charge in [-0.25, -0.2) is 8.42 Å². The smallest absolute Gasteiger partial charge is 0.251 e. The monoisotopic (exact) mass is 331 g/mol. The van der Waals surface area contributed by atoms with Crippen molar-refractivity contribution < 1.29 is 13.2 Å². The first kappa shape index (κ1) is 17.2. The molecule has 0 saturated carbocycles. The molecule has 0 atom stereocenters. The number of hydrogen-bond donors (Lipinski definition) is 1. The fourth-order valence-electron chi connectivity index (χ4n) is 2.19. The van der Waals surface area contributed by atoms with E-state index in [9.17, 15) is 13.2 Å². The average Bonchev–Trinajstić information content (AvgIpc) is 2.55. The Morgan fingerprint density at radius 2 is 1.78 bits per heavy atom. The van der Waals surface area contributed by atoms with Crippen molar-refractivity contribution in [3.8, 4) is 0 Å². The third-order valence-electron chi connectivity index (χ3n) is 3.47. The molecule has 2 rings (SSSR count). The lowest BCUT2D eigenvalue weighted by atomic mass is 10.2. The van der Waals surface area contributed by atoms with E-state index >= 15 is 0 Å². The van der Waals surface area contributed by atoms with Crippen LogP contribution in [-0.2, 0) is 15.6 Å². The van der Waals surface area contributed by atoms with Gasteiger partial charge in [-0.15, -0.1) is 0 Å². The molecule has 0 fully saturated rings. The van der Waals surface area contributed by atoms with E-state index in [-0.39, 0.29) is 16.6 Å². The molecule has 2 aromatic carbocycles. The molecule has 0 heterocycles. The molecule has 0 aliphatic carbocycles. The number of hydrogen-bond acceptors (Lipinski definition) is 3. The Kier molecular flexibility index (Phi) is 5.93. The lowest BCUT2D eigenvalue weighted by molar-refractivity contribution is 0.0953. The first-order valence-electron chi connectivity index (χ1n) is 7.68. The van der Waals surface area contributed by atoms with Crippen molar-refractivity contribution in [2.24, 2.45) is 0 Å². The van der Waals surface area contributed by atoms with E-state index in [1.807, 2.05) is 25.1 Å². The van der Waals surface area contributed by atoms with Gasteiger partial charge in [-0.3, -0.25) is 4.79 Å². The lowest BCUT2D eigenvalue weighted by Crippen LogP contribution is -2.24. The van der Waals surface area contributed by atoms with Crippen LogP contribution in [-0.4, -0.2) is 20.9 Å². The molecule has 0 spiro atoms. The Morgan fingerprint density at radius 3 is 2.48 bits per heavy atom. The Balaban J connectivity index is 2.16. The van der Waals surface area contributed by atoms with Gasteiger partial charge in [0.25, 0.3) is 5.91 Å². The van der Waals surface area contributed by atoms with E-state index in [0.717, 1.165) is 18.4 Å². The number of unbranched alkanes of at least 4 members (excludes halogenated alkanes) is 1. The standard InChI is InChI=1S/C18H21NO3S/c1-2-3-12-19-18(20)16-10-7-11-17(13-16)23(21,22)14-15-8-5-4-6-9-15/h4-11,13H,2-3,12,14H2,1H3,(H,19,20). The van der Waals surface area contributed by atoms with Crippen molar-refractivity contribution in [2.45, 2.75) is 30.4 Å². The lowest BCUT2D eigenvalue weighted by Gasteiger charge is -2.08. The maximum Gasteiger partial charge on any atom is 0.251 e. The Morgan fingerprint density at radius 1 is 1.04 bits per heavy atom. The van der Waals surface area contributed by atoms with Crippen molar-refractivity contribution in [3.05, 3.63) is 65.7 Å². The van der Waals surface area contributed by atoms with Crippen molar-refractivity contribution in [2.75, 3.05) is 6.54 Å². The van der Waals surface area contributed by atoms with Crippen LogP contribution in [0.5, 0.6) is 0 Å². The molecule has 0 unspecified atom stereocenters. The summed E-state index contributed by atoms with van der Waals surface area (Å²) in [5, 5.41) is 2.79. The predicted molar refractivity (Wildman–Crippen MR) is 91.0 cm³/mol. The fourth-order valence-corrected chi connectivity index (χ4v) is 3.58. The first-order valence-corrected chi connectivity index (χ1v) is 9.33. The summed E-state index contributed by atoms with van der Waals surface area (Å²) in [7, 11) is -3.47. The summed E-state index contributed by atoms with van der Waals surface area (Å²) in [5.74, 6) is -0.315. The molecule has 0 bridgehead atoms. The van der Waals surface area contributed by atoms with Crippen LogP contribution in [0.3, 0.4) is 0 Å². The van der Waals surface area contributed by atoms with Gasteiger partial charge in [0.15, 0.2) is 9.84 Å². The molecule has 0 radical (unpaired) electrons. The molecule has 5 heteroatoms. The van der Waals surface area contributed by atoms with Crippen LogP contribution in [0.1, 0.15) is 35.7 Å². The normalized spacial score (nSPS) is 11.2. The zero-order valence-electron chi connectivity index (χ0n) is 13.2. The number of amides is 1. The van der Waals surface area contributed by atoms with Crippen LogP contribution >= 0.6 is 0 Å². The van der Waals surface area contributed by atoms with Gasteiger partial charge in [-0.05, 0) is 30.2 Å². The highest BCUT2D eigenvalue weighted by Gasteiger charge is 2.17. The van der Waals surface area contributed by atoms with Gasteiger partial charge in [0.2, 0.25) is 0 Å². The second kappa shape index (κ2) is 7.92. The van der Waals surface area contributed by atoms with Crippen LogP contribution in [0.15, 0.2) is 59.5 Å². The highest BCUT2D eigenvalue weighted by atomic mass is 32.2. The number of benzene rings is 2. The predicted octanol–water partition coefficient (Wildman–Crippen LogP) is 3.19. The Labute approximate surface area is 137 Å². The Bertz CT molecular complexity index is 755. The van der Waals surface area contributed by atoms with Crippen molar-refractivity contribution >= 4 is 15.7 Å². The zero-order valence-corrected chi connectivity index (χ0v) is 14.0. The summed E-state index contributed by atoms with van der Waals surface area (Å²) >= 11 is 0. The minimum Gasteiger partial charge on any atom is -0.352 e. The molecule has 1 amide bonds. The molecule has 0 saturated heterocycles. The highest BCUT2D eigenvalue weighted by Crippen LogP contribution is 2.17. The van der Waals surface area contributed by atoms with Gasteiger partial charge in [0.1, 0.15) is 0 Å². The summed E-state index contributed by atoms with van der Waals surface area (Å²) in [4.78, 5) is 12.2. The molecular formula is C18H21NO3S. The van der Waals surface area contributed by atoms with Crippen LogP contribution in [0.25, 0.3) is 0 Å². The van der Waals surface area contributed by atoms with Crippen molar-refractivity contribution in [3.63, 3.8) is 0 Å². The summed E-state index contributed by atoms with van der Waals surface area (Å²) in [6.45, 7) is 2.64. The topological polar surface area (TPSA) is 63.2 Å². The molecular weight excluding hydrogens is 310 g/mol. The van der Waals surface area contributed by atoms with Crippen LogP contribution in [0, 0.1) is 0 Å². The minimum atomic E-state index is -3.47. The van der Waals surface area contributed by atoms with Gasteiger partial charge in [-0.1, -0.05) is 49.7 Å². The fraction of sp³-hybridized carbons (Fsp3) is 0.278. The van der Waals surface area contributed by atoms with E-state index in [2.05, 4.69) is 5.32 Å². The van der Waals surface area contributed by atoms with E-state index in [1.165, 1.54) is 12.1 Å². The van der Waals surface area contributed by atoms with E-state index in [4.69, 9.17) is 0 Å². The third kappa shape index (κ3) is 4.93. The average molecular weight is 331 g/mol. The van der Waals surface area contributed by atoms with Gasteiger partial charge < -0.3 is 5.32 Å². The van der Waals surface area contributed by atoms with Crippen molar-refractivity contribution in [1.82, 2.24) is 5.32 Å². The number of nitrogens with one attached hydrogen (secondary N) is 1. The van der Waals surface area contributed by atoms with Crippen LogP contribution < -0.4 is 5.32 Å². The number of rotatable bonds is 7. The number of sulfone groups is 1. The number of carbonyl (C=O) groups is 1. The summed E-state index contributed by atoms with van der Waals surface area (Å²) in [6.07, 6.45) is 1.89. The zero-order chi connectivity index (χ0) is 16.7. The molecule has 122 valence electrons. The van der Waals surface area contributed by atoms with E-state index in [1.54, 1.807) is 24.3 Å². The number of carbonyl (C=O) groups excluding carboxylic acids is 1. The molecule has 0 aliphatic heterocycles. The quantitative estimate of drug-likeness (QED) is 0.793.